The van der Waals surface area contributed by atoms with E-state index in [-0.39, 0.29) is 6.10 Å². The minimum atomic E-state index is -0.318. The maximum atomic E-state index is 9.85. The average molecular weight is 302 g/mol. The average Bonchev–Trinajstić information content (AvgIpc) is 2.33. The number of aromatic nitrogens is 2. The van der Waals surface area contributed by atoms with Gasteiger partial charge in [-0.2, -0.15) is 4.98 Å². The number of piperidine rings is 1. The largest absolute Gasteiger partial charge is 0.480 e. The monoisotopic (exact) mass is 301 g/mol. The van der Waals surface area contributed by atoms with Crippen LogP contribution in [0, 0.1) is 5.92 Å². The first-order chi connectivity index (χ1) is 8.11. The molecule has 0 aliphatic carbocycles. The third-order valence-corrected chi connectivity index (χ3v) is 3.64. The summed E-state index contributed by atoms with van der Waals surface area (Å²) >= 11 is 3.32. The minimum Gasteiger partial charge on any atom is -0.480 e. The van der Waals surface area contributed by atoms with Crippen LogP contribution in [0.25, 0.3) is 0 Å². The standard InChI is InChI=1S/C11H16BrN3O2/c1-7-3-4-15(6-9(7)16)11-13-5-8(12)10(14-11)17-2/h5,7,9,16H,3-4,6H2,1-2H3. The second-order valence-corrected chi connectivity index (χ2v) is 5.16. The van der Waals surface area contributed by atoms with Crippen LogP contribution in [0.2, 0.25) is 0 Å². The summed E-state index contributed by atoms with van der Waals surface area (Å²) in [4.78, 5) is 10.5. The van der Waals surface area contributed by atoms with Crippen molar-refractivity contribution in [2.75, 3.05) is 25.1 Å². The van der Waals surface area contributed by atoms with Gasteiger partial charge < -0.3 is 14.7 Å². The Labute approximate surface area is 109 Å². The zero-order chi connectivity index (χ0) is 12.4. The lowest BCUT2D eigenvalue weighted by molar-refractivity contribution is 0.102. The molecule has 6 heteroatoms. The summed E-state index contributed by atoms with van der Waals surface area (Å²) in [6.07, 6.45) is 2.30. The molecule has 1 aromatic rings. The molecule has 94 valence electrons. The molecule has 5 nitrogen and oxygen atoms in total. The van der Waals surface area contributed by atoms with Gasteiger partial charge in [-0.05, 0) is 28.3 Å². The van der Waals surface area contributed by atoms with Gasteiger partial charge >= 0.3 is 0 Å². The van der Waals surface area contributed by atoms with Crippen molar-refractivity contribution < 1.29 is 9.84 Å². The quantitative estimate of drug-likeness (QED) is 0.896. The normalized spacial score (nSPS) is 24.8. The molecule has 0 aromatic carbocycles. The summed E-state index contributed by atoms with van der Waals surface area (Å²) in [5.41, 5.74) is 0. The number of hydrogen-bond donors (Lipinski definition) is 1. The highest BCUT2D eigenvalue weighted by Crippen LogP contribution is 2.26. The van der Waals surface area contributed by atoms with E-state index in [1.165, 1.54) is 0 Å². The third-order valence-electron chi connectivity index (χ3n) is 3.09. The molecule has 2 unspecified atom stereocenters. The number of anilines is 1. The highest BCUT2D eigenvalue weighted by atomic mass is 79.9. The molecule has 1 saturated heterocycles. The summed E-state index contributed by atoms with van der Waals surface area (Å²) in [6.45, 7) is 3.50. The summed E-state index contributed by atoms with van der Waals surface area (Å²) in [5.74, 6) is 1.46. The zero-order valence-electron chi connectivity index (χ0n) is 9.93. The molecule has 2 rings (SSSR count). The topological polar surface area (TPSA) is 58.5 Å². The fraction of sp³-hybridized carbons (Fsp3) is 0.636. The maximum Gasteiger partial charge on any atom is 0.232 e. The van der Waals surface area contributed by atoms with Crippen LogP contribution in [0.5, 0.6) is 5.88 Å². The van der Waals surface area contributed by atoms with E-state index in [1.54, 1.807) is 13.3 Å². The minimum absolute atomic E-state index is 0.318. The Morgan fingerprint density at radius 1 is 1.59 bits per heavy atom. The number of halogens is 1. The van der Waals surface area contributed by atoms with E-state index >= 15 is 0 Å². The van der Waals surface area contributed by atoms with Crippen molar-refractivity contribution in [3.05, 3.63) is 10.7 Å². The van der Waals surface area contributed by atoms with E-state index in [4.69, 9.17) is 4.74 Å². The Hall–Kier alpha value is -0.880. The lowest BCUT2D eigenvalue weighted by Gasteiger charge is -2.34. The van der Waals surface area contributed by atoms with Crippen molar-refractivity contribution in [3.63, 3.8) is 0 Å². The van der Waals surface area contributed by atoms with Gasteiger partial charge in [-0.25, -0.2) is 4.98 Å². The van der Waals surface area contributed by atoms with Crippen LogP contribution >= 0.6 is 15.9 Å². The molecule has 0 radical (unpaired) electrons. The van der Waals surface area contributed by atoms with Gasteiger partial charge in [-0.15, -0.1) is 0 Å². The summed E-state index contributed by atoms with van der Waals surface area (Å²) in [7, 11) is 1.57. The number of nitrogens with zero attached hydrogens (tertiary/aromatic N) is 3. The van der Waals surface area contributed by atoms with Gasteiger partial charge in [0.1, 0.15) is 0 Å². The molecular formula is C11H16BrN3O2. The Balaban J connectivity index is 2.17. The van der Waals surface area contributed by atoms with E-state index in [0.29, 0.717) is 24.3 Å². The first kappa shape index (κ1) is 12.6. The highest BCUT2D eigenvalue weighted by Gasteiger charge is 2.26. The van der Waals surface area contributed by atoms with E-state index in [2.05, 4.69) is 32.8 Å². The Morgan fingerprint density at radius 3 is 3.00 bits per heavy atom. The van der Waals surface area contributed by atoms with E-state index in [9.17, 15) is 5.11 Å². The zero-order valence-corrected chi connectivity index (χ0v) is 11.5. The number of β-amino-alcohol motifs (C(OH)–C–C–N with tert-alkyl or cyclic N) is 1. The van der Waals surface area contributed by atoms with E-state index in [1.807, 2.05) is 4.90 Å². The molecule has 1 aliphatic heterocycles. The molecule has 1 aromatic heterocycles. The van der Waals surface area contributed by atoms with Crippen LogP contribution in [0.3, 0.4) is 0 Å². The van der Waals surface area contributed by atoms with Crippen LogP contribution in [0.1, 0.15) is 13.3 Å². The van der Waals surface area contributed by atoms with Crippen molar-refractivity contribution in [2.24, 2.45) is 5.92 Å². The second-order valence-electron chi connectivity index (χ2n) is 4.31. The lowest BCUT2D eigenvalue weighted by Crippen LogP contribution is -2.43. The van der Waals surface area contributed by atoms with E-state index in [0.717, 1.165) is 17.4 Å². The molecule has 0 bridgehead atoms. The second kappa shape index (κ2) is 5.18. The molecule has 1 aliphatic rings. The molecule has 17 heavy (non-hydrogen) atoms. The molecule has 1 N–H and O–H groups in total. The molecule has 1 fully saturated rings. The molecule has 2 atom stereocenters. The number of aliphatic hydroxyl groups is 1. The van der Waals surface area contributed by atoms with Gasteiger partial charge in [0.25, 0.3) is 0 Å². The van der Waals surface area contributed by atoms with Crippen molar-refractivity contribution in [2.45, 2.75) is 19.4 Å². The SMILES string of the molecule is COc1nc(N2CCC(C)C(O)C2)ncc1Br. The smallest absolute Gasteiger partial charge is 0.232 e. The fourth-order valence-electron chi connectivity index (χ4n) is 1.87. The number of rotatable bonds is 2. The predicted molar refractivity (Wildman–Crippen MR) is 68.3 cm³/mol. The van der Waals surface area contributed by atoms with Crippen molar-refractivity contribution in [1.29, 1.82) is 0 Å². The summed E-state index contributed by atoms with van der Waals surface area (Å²) in [5, 5.41) is 9.85. The Morgan fingerprint density at radius 2 is 2.35 bits per heavy atom. The highest BCUT2D eigenvalue weighted by molar-refractivity contribution is 9.10. The van der Waals surface area contributed by atoms with Crippen molar-refractivity contribution in [1.82, 2.24) is 9.97 Å². The van der Waals surface area contributed by atoms with Gasteiger partial charge in [0.2, 0.25) is 11.8 Å². The van der Waals surface area contributed by atoms with Crippen LogP contribution in [-0.4, -0.2) is 41.4 Å². The van der Waals surface area contributed by atoms with Crippen LogP contribution in [-0.2, 0) is 0 Å². The number of ether oxygens (including phenoxy) is 1. The van der Waals surface area contributed by atoms with E-state index < -0.39 is 0 Å². The van der Waals surface area contributed by atoms with Gasteiger partial charge in [0.15, 0.2) is 0 Å². The maximum absolute atomic E-state index is 9.85. The van der Waals surface area contributed by atoms with Crippen LogP contribution < -0.4 is 9.64 Å². The molecule has 2 heterocycles. The van der Waals surface area contributed by atoms with Crippen LogP contribution in [0.15, 0.2) is 10.7 Å². The summed E-state index contributed by atoms with van der Waals surface area (Å²) < 4.78 is 5.87. The van der Waals surface area contributed by atoms with Gasteiger partial charge in [-0.3, -0.25) is 0 Å². The summed E-state index contributed by atoms with van der Waals surface area (Å²) in [6, 6.07) is 0. The van der Waals surface area contributed by atoms with Crippen LogP contribution in [0.4, 0.5) is 5.95 Å². The number of hydrogen-bond acceptors (Lipinski definition) is 5. The molecular weight excluding hydrogens is 286 g/mol. The lowest BCUT2D eigenvalue weighted by atomic mass is 9.96. The molecule has 0 spiro atoms. The Kier molecular flexibility index (Phi) is 3.83. The van der Waals surface area contributed by atoms with Crippen molar-refractivity contribution in [3.8, 4) is 5.88 Å². The Bertz CT molecular complexity index is 402. The van der Waals surface area contributed by atoms with Crippen molar-refractivity contribution >= 4 is 21.9 Å². The number of aliphatic hydroxyl groups excluding tert-OH is 1. The fourth-order valence-corrected chi connectivity index (χ4v) is 2.22. The van der Waals surface area contributed by atoms with Gasteiger partial charge in [0.05, 0.1) is 23.9 Å². The predicted octanol–water partition coefficient (Wildman–Crippen LogP) is 1.45. The third kappa shape index (κ3) is 2.69. The van der Waals surface area contributed by atoms with Gasteiger partial charge in [-0.1, -0.05) is 6.92 Å². The first-order valence-electron chi connectivity index (χ1n) is 5.61. The molecule has 0 amide bonds. The number of methoxy groups -OCH3 is 1. The first-order valence-corrected chi connectivity index (χ1v) is 6.40. The van der Waals surface area contributed by atoms with Gasteiger partial charge in [0, 0.05) is 13.1 Å². The molecule has 0 saturated carbocycles.